The number of alkyl halides is 1. The third kappa shape index (κ3) is 12.2. The lowest BCUT2D eigenvalue weighted by Gasteiger charge is -2.35. The standard InChI is InChI=1S/C17H20ClN3O2S.C9H13N3.C8H8BrClO2S/c1-2-23-17(22)15-11-14(18)16(24-15)12-20-7-9-21(10-8-20)13-3-5-19-6-4-13;1-3-10-4-2-9(1)12-7-5-11-6-8-12;1-2-12-8(11)6-3-5(10)7(4-9)13-6/h3-6,11H,2,7-10,12H2,1H3;1-4,11H,5-8H2;3H,2,4H2,1H3. The van der Waals surface area contributed by atoms with Crippen LogP contribution in [0.4, 0.5) is 11.4 Å². The average molecular weight is 813 g/mol. The van der Waals surface area contributed by atoms with Crippen molar-refractivity contribution in [1.82, 2.24) is 20.2 Å². The van der Waals surface area contributed by atoms with Gasteiger partial charge in [0, 0.05) is 110 Å². The second-order valence-electron chi connectivity index (χ2n) is 10.7. The largest absolute Gasteiger partial charge is 0.462 e. The first-order valence-corrected chi connectivity index (χ1v) is 19.5. The molecule has 2 fully saturated rings. The Labute approximate surface area is 314 Å². The molecular formula is C34H41BrCl2N6O4S2. The van der Waals surface area contributed by atoms with Crippen LogP contribution in [0.1, 0.15) is 42.9 Å². The normalized spacial score (nSPS) is 14.6. The van der Waals surface area contributed by atoms with Gasteiger partial charge < -0.3 is 24.6 Å². The van der Waals surface area contributed by atoms with Gasteiger partial charge >= 0.3 is 11.9 Å². The van der Waals surface area contributed by atoms with Crippen LogP contribution in [0.15, 0.2) is 61.2 Å². The minimum absolute atomic E-state index is 0.293. The molecule has 0 atom stereocenters. The van der Waals surface area contributed by atoms with Gasteiger partial charge in [-0.3, -0.25) is 14.9 Å². The molecule has 6 rings (SSSR count). The topological polar surface area (TPSA) is 100 Å². The minimum Gasteiger partial charge on any atom is -0.462 e. The highest BCUT2D eigenvalue weighted by Crippen LogP contribution is 2.30. The monoisotopic (exact) mass is 810 g/mol. The van der Waals surface area contributed by atoms with Crippen LogP contribution in [0.5, 0.6) is 0 Å². The molecule has 264 valence electrons. The van der Waals surface area contributed by atoms with Crippen molar-refractivity contribution in [2.75, 3.05) is 75.4 Å². The molecule has 2 aliphatic rings. The van der Waals surface area contributed by atoms with Gasteiger partial charge in [0.15, 0.2) is 0 Å². The smallest absolute Gasteiger partial charge is 0.348 e. The zero-order valence-corrected chi connectivity index (χ0v) is 32.3. The van der Waals surface area contributed by atoms with Gasteiger partial charge in [-0.25, -0.2) is 9.59 Å². The number of carbonyl (C=O) groups is 2. The number of carbonyl (C=O) groups excluding carboxylic acids is 2. The third-order valence-electron chi connectivity index (χ3n) is 7.50. The summed E-state index contributed by atoms with van der Waals surface area (Å²) >= 11 is 18.2. The van der Waals surface area contributed by atoms with Gasteiger partial charge in [0.1, 0.15) is 9.75 Å². The summed E-state index contributed by atoms with van der Waals surface area (Å²) in [5, 5.41) is 5.26. The molecule has 0 aliphatic carbocycles. The van der Waals surface area contributed by atoms with Gasteiger partial charge in [-0.15, -0.1) is 22.7 Å². The summed E-state index contributed by atoms with van der Waals surface area (Å²) in [6.07, 6.45) is 7.34. The van der Waals surface area contributed by atoms with E-state index >= 15 is 0 Å². The number of thiophene rings is 2. The van der Waals surface area contributed by atoms with E-state index in [0.29, 0.717) is 38.3 Å². The van der Waals surface area contributed by atoms with E-state index in [1.165, 1.54) is 34.0 Å². The second kappa shape index (κ2) is 20.8. The minimum atomic E-state index is -0.304. The summed E-state index contributed by atoms with van der Waals surface area (Å²) in [6, 6.07) is 11.6. The molecule has 10 nitrogen and oxygen atoms in total. The van der Waals surface area contributed by atoms with E-state index in [0.717, 1.165) is 68.7 Å². The van der Waals surface area contributed by atoms with Crippen molar-refractivity contribution in [2.45, 2.75) is 25.7 Å². The molecule has 0 saturated carbocycles. The summed E-state index contributed by atoms with van der Waals surface area (Å²) in [5.74, 6) is -0.597. The van der Waals surface area contributed by atoms with Crippen LogP contribution in [0.25, 0.3) is 0 Å². The number of ether oxygens (including phenoxy) is 2. The van der Waals surface area contributed by atoms with E-state index in [9.17, 15) is 9.59 Å². The highest BCUT2D eigenvalue weighted by molar-refractivity contribution is 9.08. The lowest BCUT2D eigenvalue weighted by molar-refractivity contribution is 0.0522. The van der Waals surface area contributed by atoms with Gasteiger partial charge in [0.25, 0.3) is 0 Å². The molecule has 15 heteroatoms. The number of nitrogens with zero attached hydrogens (tertiary/aromatic N) is 5. The van der Waals surface area contributed by atoms with Crippen molar-refractivity contribution >= 4 is 85.1 Å². The molecule has 6 heterocycles. The fraction of sp³-hybridized carbons (Fsp3) is 0.412. The lowest BCUT2D eigenvalue weighted by atomic mass is 10.2. The summed E-state index contributed by atoms with van der Waals surface area (Å²) in [5.41, 5.74) is 2.50. The molecule has 4 aromatic heterocycles. The number of anilines is 2. The Morgan fingerprint density at radius 2 is 1.20 bits per heavy atom. The maximum atomic E-state index is 11.8. The van der Waals surface area contributed by atoms with E-state index in [2.05, 4.69) is 58.0 Å². The fourth-order valence-electron chi connectivity index (χ4n) is 5.02. The summed E-state index contributed by atoms with van der Waals surface area (Å²) in [6.45, 7) is 13.4. The van der Waals surface area contributed by atoms with Crippen molar-refractivity contribution in [3.05, 3.63) is 90.7 Å². The number of rotatable bonds is 9. The van der Waals surface area contributed by atoms with Crippen molar-refractivity contribution in [1.29, 1.82) is 0 Å². The van der Waals surface area contributed by atoms with E-state index in [4.69, 9.17) is 32.7 Å². The van der Waals surface area contributed by atoms with Gasteiger partial charge in [-0.05, 0) is 50.2 Å². The van der Waals surface area contributed by atoms with Crippen LogP contribution in [0.2, 0.25) is 10.0 Å². The highest BCUT2D eigenvalue weighted by Gasteiger charge is 2.21. The zero-order chi connectivity index (χ0) is 35.0. The SMILES string of the molecule is CCOC(=O)c1cc(Cl)c(CBr)s1.CCOC(=O)c1cc(Cl)c(CN2CCN(c3ccncc3)CC2)s1.c1cc(N2CCNCC2)ccn1. The molecule has 2 aliphatic heterocycles. The Bertz CT molecular complexity index is 1580. The lowest BCUT2D eigenvalue weighted by Crippen LogP contribution is -2.45. The summed E-state index contributed by atoms with van der Waals surface area (Å²) in [4.78, 5) is 41.3. The number of hydrogen-bond donors (Lipinski definition) is 1. The van der Waals surface area contributed by atoms with Crippen LogP contribution in [0.3, 0.4) is 0 Å². The molecule has 0 aromatic carbocycles. The summed E-state index contributed by atoms with van der Waals surface area (Å²) < 4.78 is 9.88. The Balaban J connectivity index is 0.000000182. The molecule has 4 aromatic rings. The van der Waals surface area contributed by atoms with Crippen LogP contribution >= 0.6 is 61.8 Å². The molecular weight excluding hydrogens is 771 g/mol. The van der Waals surface area contributed by atoms with E-state index in [-0.39, 0.29) is 11.9 Å². The van der Waals surface area contributed by atoms with Gasteiger partial charge in [-0.1, -0.05) is 39.1 Å². The highest BCUT2D eigenvalue weighted by atomic mass is 79.9. The Morgan fingerprint density at radius 3 is 1.65 bits per heavy atom. The first-order valence-electron chi connectivity index (χ1n) is 16.0. The number of hydrogen-bond acceptors (Lipinski definition) is 12. The van der Waals surface area contributed by atoms with Crippen molar-refractivity contribution in [3.63, 3.8) is 0 Å². The van der Waals surface area contributed by atoms with Crippen LogP contribution < -0.4 is 15.1 Å². The molecule has 0 unspecified atom stereocenters. The number of halogens is 3. The second-order valence-corrected chi connectivity index (χ2v) is 14.4. The molecule has 49 heavy (non-hydrogen) atoms. The van der Waals surface area contributed by atoms with E-state index < -0.39 is 0 Å². The van der Waals surface area contributed by atoms with E-state index in [1.807, 2.05) is 36.9 Å². The van der Waals surface area contributed by atoms with Crippen LogP contribution in [0, 0.1) is 0 Å². The number of pyridine rings is 2. The van der Waals surface area contributed by atoms with Gasteiger partial charge in [0.05, 0.1) is 23.3 Å². The summed E-state index contributed by atoms with van der Waals surface area (Å²) in [7, 11) is 0. The molecule has 1 N–H and O–H groups in total. The van der Waals surface area contributed by atoms with Crippen LogP contribution in [-0.4, -0.2) is 92.4 Å². The Hall–Kier alpha value is -2.78. The number of piperazine rings is 2. The first-order chi connectivity index (χ1) is 23.8. The molecule has 0 radical (unpaired) electrons. The fourth-order valence-corrected chi connectivity index (χ4v) is 8.31. The third-order valence-corrected chi connectivity index (χ3v) is 11.5. The maximum absolute atomic E-state index is 11.8. The molecule has 0 spiro atoms. The zero-order valence-electron chi connectivity index (χ0n) is 27.6. The molecule has 0 bridgehead atoms. The van der Waals surface area contributed by atoms with Gasteiger partial charge in [0.2, 0.25) is 0 Å². The quantitative estimate of drug-likeness (QED) is 0.137. The maximum Gasteiger partial charge on any atom is 0.348 e. The Morgan fingerprint density at radius 1 is 0.755 bits per heavy atom. The number of nitrogens with one attached hydrogen (secondary N) is 1. The number of aromatic nitrogens is 2. The number of esters is 2. The van der Waals surface area contributed by atoms with Gasteiger partial charge in [-0.2, -0.15) is 0 Å². The van der Waals surface area contributed by atoms with Crippen molar-refractivity contribution in [3.8, 4) is 0 Å². The first kappa shape index (κ1) is 39.0. The molecule has 0 amide bonds. The predicted octanol–water partition coefficient (Wildman–Crippen LogP) is 7.26. The van der Waals surface area contributed by atoms with Crippen LogP contribution in [-0.2, 0) is 21.3 Å². The van der Waals surface area contributed by atoms with Crippen molar-refractivity contribution < 1.29 is 19.1 Å². The average Bonchev–Trinajstić information content (AvgIpc) is 3.72. The molecule has 2 saturated heterocycles. The predicted molar refractivity (Wildman–Crippen MR) is 204 cm³/mol. The Kier molecular flexibility index (Phi) is 16.6. The van der Waals surface area contributed by atoms with E-state index in [1.54, 1.807) is 26.0 Å². The van der Waals surface area contributed by atoms with Crippen molar-refractivity contribution in [2.24, 2.45) is 0 Å².